The Hall–Kier alpha value is -3.40. The van der Waals surface area contributed by atoms with Gasteiger partial charge in [0.1, 0.15) is 0 Å². The van der Waals surface area contributed by atoms with Gasteiger partial charge in [0.05, 0.1) is 48.1 Å². The fourth-order valence-electron chi connectivity index (χ4n) is 1.95. The van der Waals surface area contributed by atoms with Crippen LogP contribution in [0.4, 0.5) is 11.4 Å². The van der Waals surface area contributed by atoms with Crippen LogP contribution in [0.5, 0.6) is 11.5 Å². The lowest BCUT2D eigenvalue weighted by Gasteiger charge is -2.08. The van der Waals surface area contributed by atoms with Gasteiger partial charge in [-0.25, -0.2) is 0 Å². The molecule has 0 atom stereocenters. The van der Waals surface area contributed by atoms with Gasteiger partial charge in [-0.1, -0.05) is 6.07 Å². The summed E-state index contributed by atoms with van der Waals surface area (Å²) in [6, 6.07) is 11.4. The highest BCUT2D eigenvalue weighted by Gasteiger charge is 2.18. The molecule has 0 bridgehead atoms. The van der Waals surface area contributed by atoms with Crippen LogP contribution in [0.1, 0.15) is 11.1 Å². The molecule has 0 heterocycles. The Labute approximate surface area is 132 Å². The predicted molar refractivity (Wildman–Crippen MR) is 84.6 cm³/mol. The number of hydrogen-bond donors (Lipinski definition) is 0. The van der Waals surface area contributed by atoms with Gasteiger partial charge >= 0.3 is 0 Å². The van der Waals surface area contributed by atoms with Crippen LogP contribution in [-0.2, 0) is 0 Å². The lowest BCUT2D eigenvalue weighted by molar-refractivity contribution is -0.385. The van der Waals surface area contributed by atoms with Gasteiger partial charge in [-0.15, -0.1) is 0 Å². The van der Waals surface area contributed by atoms with Crippen molar-refractivity contribution in [2.24, 2.45) is 4.99 Å². The lowest BCUT2D eigenvalue weighted by atomic mass is 10.1. The van der Waals surface area contributed by atoms with Gasteiger partial charge in [-0.3, -0.25) is 15.1 Å². The second kappa shape index (κ2) is 7.04. The van der Waals surface area contributed by atoms with Gasteiger partial charge in [0.15, 0.2) is 11.5 Å². The summed E-state index contributed by atoms with van der Waals surface area (Å²) in [4.78, 5) is 14.9. The summed E-state index contributed by atoms with van der Waals surface area (Å²) in [7, 11) is 2.85. The van der Waals surface area contributed by atoms with Gasteiger partial charge in [0.2, 0.25) is 0 Å². The van der Waals surface area contributed by atoms with Crippen LogP contribution in [0.2, 0.25) is 0 Å². The normalized spacial score (nSPS) is 10.3. The first-order valence-corrected chi connectivity index (χ1v) is 6.53. The first-order valence-electron chi connectivity index (χ1n) is 6.53. The van der Waals surface area contributed by atoms with E-state index in [0.29, 0.717) is 17.0 Å². The number of hydrogen-bond acceptors (Lipinski definition) is 6. The topological polar surface area (TPSA) is 97.8 Å². The van der Waals surface area contributed by atoms with E-state index in [2.05, 4.69) is 4.99 Å². The van der Waals surface area contributed by atoms with Gasteiger partial charge in [0.25, 0.3) is 5.69 Å². The van der Waals surface area contributed by atoms with Crippen molar-refractivity contribution in [2.45, 2.75) is 0 Å². The highest BCUT2D eigenvalue weighted by molar-refractivity contribution is 5.88. The first-order chi connectivity index (χ1) is 11.1. The molecule has 0 unspecified atom stereocenters. The number of nitro groups is 1. The summed E-state index contributed by atoms with van der Waals surface area (Å²) in [5.74, 6) is 0.633. The van der Waals surface area contributed by atoms with Crippen LogP contribution in [0.25, 0.3) is 0 Å². The molecule has 0 aliphatic rings. The molecule has 0 aliphatic heterocycles. The van der Waals surface area contributed by atoms with E-state index in [1.54, 1.807) is 24.3 Å². The standard InChI is InChI=1S/C16H13N3O4/c1-22-15-7-12(14(19(20)21)8-16(15)23-2)10-18-13-5-3-4-11(6-13)9-17/h3-8,10H,1-2H3. The molecule has 2 aromatic carbocycles. The summed E-state index contributed by atoms with van der Waals surface area (Å²) >= 11 is 0. The van der Waals surface area contributed by atoms with Crippen LogP contribution in [0.15, 0.2) is 41.4 Å². The number of nitriles is 1. The quantitative estimate of drug-likeness (QED) is 0.479. The van der Waals surface area contributed by atoms with Gasteiger partial charge < -0.3 is 9.47 Å². The molecule has 0 aliphatic carbocycles. The third kappa shape index (κ3) is 3.63. The molecule has 23 heavy (non-hydrogen) atoms. The predicted octanol–water partition coefficient (Wildman–Crippen LogP) is 3.23. The molecule has 116 valence electrons. The Morgan fingerprint density at radius 2 is 1.91 bits per heavy atom. The zero-order valence-electron chi connectivity index (χ0n) is 12.5. The SMILES string of the molecule is COc1cc(C=Nc2cccc(C#N)c2)c([N+](=O)[O-])cc1OC. The van der Waals surface area contributed by atoms with Crippen molar-refractivity contribution in [2.75, 3.05) is 14.2 Å². The number of aliphatic imine (C=N–C) groups is 1. The molecular formula is C16H13N3O4. The highest BCUT2D eigenvalue weighted by atomic mass is 16.6. The summed E-state index contributed by atoms with van der Waals surface area (Å²) in [5, 5.41) is 20.1. The summed E-state index contributed by atoms with van der Waals surface area (Å²) in [5.41, 5.74) is 1.10. The van der Waals surface area contributed by atoms with Crippen molar-refractivity contribution < 1.29 is 14.4 Å². The number of benzene rings is 2. The third-order valence-electron chi connectivity index (χ3n) is 3.06. The molecule has 0 radical (unpaired) electrons. The van der Waals surface area contributed by atoms with Crippen LogP contribution < -0.4 is 9.47 Å². The molecule has 0 fully saturated rings. The highest BCUT2D eigenvalue weighted by Crippen LogP contribution is 2.33. The summed E-state index contributed by atoms with van der Waals surface area (Å²) in [6.07, 6.45) is 1.36. The average molecular weight is 311 g/mol. The molecule has 7 nitrogen and oxygen atoms in total. The third-order valence-corrected chi connectivity index (χ3v) is 3.06. The minimum Gasteiger partial charge on any atom is -0.493 e. The van der Waals surface area contributed by atoms with E-state index in [9.17, 15) is 10.1 Å². The fraction of sp³-hybridized carbons (Fsp3) is 0.125. The van der Waals surface area contributed by atoms with E-state index in [1.165, 1.54) is 32.6 Å². The first kappa shape index (κ1) is 16.0. The molecular weight excluding hydrogens is 298 g/mol. The number of nitro benzene ring substituents is 1. The Morgan fingerprint density at radius 3 is 2.52 bits per heavy atom. The zero-order valence-corrected chi connectivity index (χ0v) is 12.5. The van der Waals surface area contributed by atoms with Crippen molar-refractivity contribution in [3.05, 3.63) is 57.6 Å². The van der Waals surface area contributed by atoms with Gasteiger partial charge in [-0.2, -0.15) is 5.26 Å². The maximum absolute atomic E-state index is 11.2. The minimum absolute atomic E-state index is 0.150. The Balaban J connectivity index is 2.47. The van der Waals surface area contributed by atoms with Crippen molar-refractivity contribution in [3.63, 3.8) is 0 Å². The molecule has 0 saturated heterocycles. The van der Waals surface area contributed by atoms with Gasteiger partial charge in [-0.05, 0) is 24.3 Å². The van der Waals surface area contributed by atoms with Crippen LogP contribution in [0, 0.1) is 21.4 Å². The Bertz CT molecular complexity index is 809. The monoisotopic (exact) mass is 311 g/mol. The molecule has 0 saturated carbocycles. The van der Waals surface area contributed by atoms with E-state index < -0.39 is 4.92 Å². The Kier molecular flexibility index (Phi) is 4.89. The van der Waals surface area contributed by atoms with Crippen LogP contribution >= 0.6 is 0 Å². The van der Waals surface area contributed by atoms with Crippen molar-refractivity contribution in [1.29, 1.82) is 5.26 Å². The number of methoxy groups -OCH3 is 2. The van der Waals surface area contributed by atoms with Crippen LogP contribution in [-0.4, -0.2) is 25.4 Å². The molecule has 0 aromatic heterocycles. The number of rotatable bonds is 5. The molecule has 0 spiro atoms. The number of ether oxygens (including phenoxy) is 2. The Morgan fingerprint density at radius 1 is 1.22 bits per heavy atom. The fourth-order valence-corrected chi connectivity index (χ4v) is 1.95. The van der Waals surface area contributed by atoms with Crippen molar-refractivity contribution in [3.8, 4) is 17.6 Å². The van der Waals surface area contributed by atoms with Crippen molar-refractivity contribution >= 4 is 17.6 Å². The van der Waals surface area contributed by atoms with E-state index in [-0.39, 0.29) is 17.0 Å². The minimum atomic E-state index is -0.519. The lowest BCUT2D eigenvalue weighted by Crippen LogP contribution is -1.98. The molecule has 2 aromatic rings. The van der Waals surface area contributed by atoms with E-state index >= 15 is 0 Å². The maximum Gasteiger partial charge on any atom is 0.282 e. The molecule has 0 amide bonds. The number of nitrogens with zero attached hydrogens (tertiary/aromatic N) is 3. The molecule has 7 heteroatoms. The average Bonchev–Trinajstić information content (AvgIpc) is 2.59. The van der Waals surface area contributed by atoms with Crippen molar-refractivity contribution in [1.82, 2.24) is 0 Å². The van der Waals surface area contributed by atoms with E-state index in [1.807, 2.05) is 6.07 Å². The van der Waals surface area contributed by atoms with Gasteiger partial charge in [0, 0.05) is 6.21 Å². The molecule has 2 rings (SSSR count). The second-order valence-corrected chi connectivity index (χ2v) is 4.44. The largest absolute Gasteiger partial charge is 0.493 e. The summed E-state index contributed by atoms with van der Waals surface area (Å²) < 4.78 is 10.2. The van der Waals surface area contributed by atoms with E-state index in [0.717, 1.165) is 0 Å². The molecule has 0 N–H and O–H groups in total. The van der Waals surface area contributed by atoms with E-state index in [4.69, 9.17) is 14.7 Å². The zero-order chi connectivity index (χ0) is 16.8. The van der Waals surface area contributed by atoms with Crippen LogP contribution in [0.3, 0.4) is 0 Å². The maximum atomic E-state index is 11.2. The smallest absolute Gasteiger partial charge is 0.282 e. The second-order valence-electron chi connectivity index (χ2n) is 4.44. The summed E-state index contributed by atoms with van der Waals surface area (Å²) in [6.45, 7) is 0.